The summed E-state index contributed by atoms with van der Waals surface area (Å²) in [5.74, 6) is 0.424. The molecule has 0 aromatic carbocycles. The SMILES string of the molecule is CCC/C=N/N(CC)c1cc(=O)n(C)c(=O)[nH]1. The summed E-state index contributed by atoms with van der Waals surface area (Å²) in [5, 5.41) is 5.80. The minimum absolute atomic E-state index is 0.340. The Bertz CT molecular complexity index is 470. The molecule has 1 heterocycles. The van der Waals surface area contributed by atoms with Crippen LogP contribution >= 0.6 is 0 Å². The van der Waals surface area contributed by atoms with Crippen molar-refractivity contribution in [2.75, 3.05) is 11.6 Å². The Hall–Kier alpha value is -1.85. The first-order valence-corrected chi connectivity index (χ1v) is 5.70. The van der Waals surface area contributed by atoms with Crippen molar-refractivity contribution in [3.8, 4) is 0 Å². The van der Waals surface area contributed by atoms with E-state index < -0.39 is 5.69 Å². The van der Waals surface area contributed by atoms with E-state index in [1.54, 1.807) is 11.2 Å². The molecular weight excluding hydrogens is 220 g/mol. The number of unbranched alkanes of at least 4 members (excludes halogenated alkanes) is 1. The molecule has 6 nitrogen and oxygen atoms in total. The molecule has 0 saturated heterocycles. The molecule has 0 amide bonds. The molecule has 1 N–H and O–H groups in total. The molecule has 0 radical (unpaired) electrons. The lowest BCUT2D eigenvalue weighted by atomic mass is 10.4. The molecule has 0 aliphatic rings. The van der Waals surface area contributed by atoms with Gasteiger partial charge in [-0.05, 0) is 13.3 Å². The first-order valence-electron chi connectivity index (χ1n) is 5.70. The van der Waals surface area contributed by atoms with Crippen LogP contribution in [0.25, 0.3) is 0 Å². The molecule has 94 valence electrons. The lowest BCUT2D eigenvalue weighted by Gasteiger charge is -2.15. The fourth-order valence-corrected chi connectivity index (χ4v) is 1.28. The molecule has 1 aromatic rings. The van der Waals surface area contributed by atoms with Crippen LogP contribution in [0, 0.1) is 0 Å². The van der Waals surface area contributed by atoms with Gasteiger partial charge in [0.05, 0.1) is 0 Å². The molecule has 0 spiro atoms. The maximum atomic E-state index is 11.5. The second-order valence-corrected chi connectivity index (χ2v) is 3.66. The highest BCUT2D eigenvalue weighted by molar-refractivity contribution is 5.59. The zero-order valence-corrected chi connectivity index (χ0v) is 10.4. The number of nitrogens with one attached hydrogen (secondary N) is 1. The third-order valence-electron chi connectivity index (χ3n) is 2.35. The van der Waals surface area contributed by atoms with Crippen LogP contribution in [-0.4, -0.2) is 22.3 Å². The van der Waals surface area contributed by atoms with E-state index in [1.807, 2.05) is 6.92 Å². The van der Waals surface area contributed by atoms with Crippen molar-refractivity contribution < 1.29 is 0 Å². The van der Waals surface area contributed by atoms with Crippen LogP contribution in [0.1, 0.15) is 26.7 Å². The van der Waals surface area contributed by atoms with Gasteiger partial charge >= 0.3 is 5.69 Å². The first-order chi connectivity index (χ1) is 8.10. The molecule has 0 atom stereocenters. The average Bonchev–Trinajstić information content (AvgIpc) is 2.31. The molecule has 0 aliphatic heterocycles. The Kier molecular flexibility index (Phi) is 4.68. The van der Waals surface area contributed by atoms with Crippen LogP contribution in [0.3, 0.4) is 0 Å². The van der Waals surface area contributed by atoms with E-state index in [9.17, 15) is 9.59 Å². The number of H-pyrrole nitrogens is 1. The lowest BCUT2D eigenvalue weighted by Crippen LogP contribution is -2.34. The van der Waals surface area contributed by atoms with E-state index in [1.165, 1.54) is 13.1 Å². The van der Waals surface area contributed by atoms with Crippen molar-refractivity contribution >= 4 is 12.0 Å². The number of rotatable bonds is 5. The Balaban J connectivity index is 3.05. The van der Waals surface area contributed by atoms with Crippen molar-refractivity contribution in [3.63, 3.8) is 0 Å². The molecule has 6 heteroatoms. The number of hydrogen-bond donors (Lipinski definition) is 1. The van der Waals surface area contributed by atoms with Crippen LogP contribution in [0.2, 0.25) is 0 Å². The van der Waals surface area contributed by atoms with Crippen LogP contribution in [0.4, 0.5) is 5.82 Å². The maximum absolute atomic E-state index is 11.5. The molecule has 1 aromatic heterocycles. The summed E-state index contributed by atoms with van der Waals surface area (Å²) in [6.07, 6.45) is 3.65. The highest BCUT2D eigenvalue weighted by Crippen LogP contribution is 2.05. The number of aromatic amines is 1. The van der Waals surface area contributed by atoms with E-state index in [0.29, 0.717) is 12.4 Å². The first kappa shape index (κ1) is 13.2. The van der Waals surface area contributed by atoms with Crippen molar-refractivity contribution in [2.45, 2.75) is 26.7 Å². The van der Waals surface area contributed by atoms with Crippen molar-refractivity contribution in [1.82, 2.24) is 9.55 Å². The molecule has 0 fully saturated rings. The second kappa shape index (κ2) is 6.03. The summed E-state index contributed by atoms with van der Waals surface area (Å²) >= 11 is 0. The van der Waals surface area contributed by atoms with Crippen molar-refractivity contribution in [3.05, 3.63) is 26.9 Å². The van der Waals surface area contributed by atoms with Gasteiger partial charge in [-0.3, -0.25) is 14.3 Å². The second-order valence-electron chi connectivity index (χ2n) is 3.66. The number of aromatic nitrogens is 2. The van der Waals surface area contributed by atoms with Gasteiger partial charge < -0.3 is 0 Å². The van der Waals surface area contributed by atoms with Gasteiger partial charge in [0.25, 0.3) is 5.56 Å². The molecule has 0 bridgehead atoms. The topological polar surface area (TPSA) is 70.5 Å². The Morgan fingerprint density at radius 3 is 2.71 bits per heavy atom. The molecular formula is C11H18N4O2. The van der Waals surface area contributed by atoms with Gasteiger partial charge in [-0.2, -0.15) is 5.10 Å². The number of hydrogen-bond acceptors (Lipinski definition) is 4. The minimum Gasteiger partial charge on any atom is -0.292 e. The number of hydrazone groups is 1. The summed E-state index contributed by atoms with van der Waals surface area (Å²) in [4.78, 5) is 25.5. The Morgan fingerprint density at radius 2 is 2.18 bits per heavy atom. The van der Waals surface area contributed by atoms with Gasteiger partial charge in [0.2, 0.25) is 0 Å². The highest BCUT2D eigenvalue weighted by Gasteiger charge is 2.06. The van der Waals surface area contributed by atoms with E-state index in [4.69, 9.17) is 0 Å². The zero-order valence-electron chi connectivity index (χ0n) is 10.4. The molecule has 17 heavy (non-hydrogen) atoms. The minimum atomic E-state index is -0.434. The van der Waals surface area contributed by atoms with Gasteiger partial charge in [-0.25, -0.2) is 9.80 Å². The van der Waals surface area contributed by atoms with Crippen LogP contribution in [0.15, 0.2) is 20.8 Å². The largest absolute Gasteiger partial charge is 0.329 e. The predicted molar refractivity (Wildman–Crippen MR) is 68.7 cm³/mol. The third-order valence-corrected chi connectivity index (χ3v) is 2.35. The van der Waals surface area contributed by atoms with E-state index >= 15 is 0 Å². The van der Waals surface area contributed by atoms with Crippen molar-refractivity contribution in [2.24, 2.45) is 12.1 Å². The van der Waals surface area contributed by atoms with Gasteiger partial charge in [0.1, 0.15) is 5.82 Å². The molecule has 0 unspecified atom stereocenters. The average molecular weight is 238 g/mol. The van der Waals surface area contributed by atoms with Crippen LogP contribution in [-0.2, 0) is 7.05 Å². The summed E-state index contributed by atoms with van der Waals surface area (Å²) in [7, 11) is 1.43. The third kappa shape index (κ3) is 3.30. The smallest absolute Gasteiger partial charge is 0.292 e. The van der Waals surface area contributed by atoms with E-state index in [-0.39, 0.29) is 5.56 Å². The van der Waals surface area contributed by atoms with Crippen LogP contribution in [0.5, 0.6) is 0 Å². The fraction of sp³-hybridized carbons (Fsp3) is 0.545. The quantitative estimate of drug-likeness (QED) is 0.606. The molecule has 0 saturated carbocycles. The molecule has 1 rings (SSSR count). The van der Waals surface area contributed by atoms with E-state index in [0.717, 1.165) is 17.4 Å². The summed E-state index contributed by atoms with van der Waals surface area (Å²) < 4.78 is 1.02. The Morgan fingerprint density at radius 1 is 1.47 bits per heavy atom. The van der Waals surface area contributed by atoms with Gasteiger partial charge in [0, 0.05) is 25.9 Å². The zero-order chi connectivity index (χ0) is 12.8. The summed E-state index contributed by atoms with van der Waals surface area (Å²) in [6.45, 7) is 4.55. The number of nitrogens with zero attached hydrogens (tertiary/aromatic N) is 3. The standard InChI is InChI=1S/C11H18N4O2/c1-4-6-7-12-15(5-2)9-8-10(16)14(3)11(17)13-9/h7-8H,4-6H2,1-3H3,(H,13,17)/b12-7+. The lowest BCUT2D eigenvalue weighted by molar-refractivity contribution is 0.755. The van der Waals surface area contributed by atoms with Crippen LogP contribution < -0.4 is 16.3 Å². The summed E-state index contributed by atoms with van der Waals surface area (Å²) in [6, 6.07) is 1.37. The Labute approximate surface area is 99.6 Å². The molecule has 0 aliphatic carbocycles. The number of anilines is 1. The van der Waals surface area contributed by atoms with Gasteiger partial charge in [-0.1, -0.05) is 13.3 Å². The monoisotopic (exact) mass is 238 g/mol. The van der Waals surface area contributed by atoms with Crippen molar-refractivity contribution in [1.29, 1.82) is 0 Å². The van der Waals surface area contributed by atoms with E-state index in [2.05, 4.69) is 17.0 Å². The highest BCUT2D eigenvalue weighted by atomic mass is 16.2. The normalized spacial score (nSPS) is 11.0. The van der Waals surface area contributed by atoms with Gasteiger partial charge in [-0.15, -0.1) is 0 Å². The predicted octanol–water partition coefficient (Wildman–Crippen LogP) is 0.686. The fourth-order valence-electron chi connectivity index (χ4n) is 1.28. The summed E-state index contributed by atoms with van der Waals surface area (Å²) in [5.41, 5.74) is -0.774. The maximum Gasteiger partial charge on any atom is 0.329 e. The van der Waals surface area contributed by atoms with Gasteiger partial charge in [0.15, 0.2) is 0 Å².